The highest BCUT2D eigenvalue weighted by atomic mass is 16.5. The van der Waals surface area contributed by atoms with Gasteiger partial charge in [-0.1, -0.05) is 200 Å². The summed E-state index contributed by atoms with van der Waals surface area (Å²) in [7, 11) is 0. The van der Waals surface area contributed by atoms with E-state index in [0.717, 1.165) is 77.8 Å². The number of hydrogen-bond donors (Lipinski definition) is 0. The first-order valence-electron chi connectivity index (χ1n) is 23.6. The van der Waals surface area contributed by atoms with Gasteiger partial charge in [0, 0.05) is 50.1 Å². The molecule has 14 rings (SSSR count). The van der Waals surface area contributed by atoms with Crippen LogP contribution in [-0.4, -0.2) is 6.10 Å². The lowest BCUT2D eigenvalue weighted by atomic mass is 9.67. The summed E-state index contributed by atoms with van der Waals surface area (Å²) >= 11 is 0. The quantitative estimate of drug-likeness (QED) is 0.160. The van der Waals surface area contributed by atoms with Crippen LogP contribution in [0.5, 0.6) is 5.75 Å². The maximum absolute atomic E-state index is 6.77. The van der Waals surface area contributed by atoms with E-state index in [-0.39, 0.29) is 12.0 Å². The molecule has 1 aliphatic heterocycles. The van der Waals surface area contributed by atoms with E-state index in [2.05, 4.69) is 254 Å². The third-order valence-corrected chi connectivity index (χ3v) is 14.7. The molecule has 0 amide bonds. The lowest BCUT2D eigenvalue weighted by molar-refractivity contribution is 0.270. The minimum Gasteiger partial charge on any atom is -0.484 e. The van der Waals surface area contributed by atoms with Gasteiger partial charge in [0.05, 0.1) is 11.1 Å². The predicted octanol–water partition coefficient (Wildman–Crippen LogP) is 16.9. The van der Waals surface area contributed by atoms with Crippen molar-refractivity contribution in [3.8, 4) is 39.1 Å². The molecule has 3 nitrogen and oxygen atoms in total. The van der Waals surface area contributed by atoms with E-state index in [0.29, 0.717) is 0 Å². The molecule has 0 fully saturated rings. The van der Waals surface area contributed by atoms with Crippen molar-refractivity contribution >= 4 is 49.8 Å². The van der Waals surface area contributed by atoms with Crippen molar-refractivity contribution in [3.63, 3.8) is 0 Å². The van der Waals surface area contributed by atoms with Crippen molar-refractivity contribution in [1.29, 1.82) is 0 Å². The number of nitrogens with zero attached hydrogens (tertiary/aromatic N) is 1. The molecule has 0 bridgehead atoms. The summed E-state index contributed by atoms with van der Waals surface area (Å²) < 4.78 is 13.4. The first-order valence-corrected chi connectivity index (χ1v) is 23.6. The zero-order valence-corrected chi connectivity index (χ0v) is 37.1. The highest BCUT2D eigenvalue weighted by molar-refractivity contribution is 6.19. The summed E-state index contributed by atoms with van der Waals surface area (Å²) in [4.78, 5) is 2.45. The molecule has 68 heavy (non-hydrogen) atoms. The minimum absolute atomic E-state index is 0.0165. The van der Waals surface area contributed by atoms with E-state index in [9.17, 15) is 0 Å². The molecule has 0 radical (unpaired) electrons. The smallest absolute Gasteiger partial charge is 0.143 e. The fraction of sp³-hybridized carbons (Fsp3) is 0.0462. The van der Waals surface area contributed by atoms with Crippen LogP contribution in [-0.2, 0) is 5.41 Å². The maximum Gasteiger partial charge on any atom is 0.143 e. The van der Waals surface area contributed by atoms with Crippen molar-refractivity contribution in [1.82, 2.24) is 0 Å². The van der Waals surface area contributed by atoms with E-state index in [4.69, 9.17) is 9.15 Å². The van der Waals surface area contributed by atoms with E-state index in [1.54, 1.807) is 0 Å². The molecule has 0 N–H and O–H groups in total. The van der Waals surface area contributed by atoms with E-state index >= 15 is 0 Å². The molecule has 0 saturated heterocycles. The molecular formula is C65H43NO2. The zero-order chi connectivity index (χ0) is 44.8. The Hall–Kier alpha value is -8.66. The van der Waals surface area contributed by atoms with Crippen LogP contribution in [0, 0.1) is 0 Å². The molecule has 0 saturated carbocycles. The number of fused-ring (bicyclic) bond motifs is 11. The highest BCUT2D eigenvalue weighted by Crippen LogP contribution is 2.58. The van der Waals surface area contributed by atoms with Crippen LogP contribution in [0.4, 0.5) is 17.1 Å². The molecule has 0 spiro atoms. The Kier molecular flexibility index (Phi) is 8.63. The third kappa shape index (κ3) is 5.66. The second kappa shape index (κ2) is 15.2. The SMILES string of the molecule is C1=CC2Oc3c(-c4ccc(N(c5ccc6c(c5)C(c5ccccc5)(c5ccccc5)c5ccccc5-6)c5ccccc5-c5cccc6oc7c8ccccc8ccc7c56)cc4)cccc3C2C=C1. The van der Waals surface area contributed by atoms with Crippen LogP contribution in [0.25, 0.3) is 66.1 Å². The van der Waals surface area contributed by atoms with Crippen LogP contribution in [0.3, 0.4) is 0 Å². The van der Waals surface area contributed by atoms with Crippen LogP contribution in [0.2, 0.25) is 0 Å². The maximum atomic E-state index is 6.77. The molecule has 320 valence electrons. The Labute approximate surface area is 395 Å². The van der Waals surface area contributed by atoms with Gasteiger partial charge in [0.1, 0.15) is 23.0 Å². The van der Waals surface area contributed by atoms with E-state index in [1.807, 2.05) is 0 Å². The molecular weight excluding hydrogens is 827 g/mol. The van der Waals surface area contributed by atoms with Gasteiger partial charge in [0.2, 0.25) is 0 Å². The fourth-order valence-electron chi connectivity index (χ4n) is 11.8. The molecule has 10 aromatic carbocycles. The largest absolute Gasteiger partial charge is 0.484 e. The average Bonchev–Trinajstić information content (AvgIpc) is 4.09. The number of anilines is 3. The molecule has 11 aromatic rings. The van der Waals surface area contributed by atoms with Gasteiger partial charge in [-0.05, 0) is 98.4 Å². The van der Waals surface area contributed by atoms with Gasteiger partial charge in [-0.3, -0.25) is 0 Å². The summed E-state index contributed by atoms with van der Waals surface area (Å²) in [5.74, 6) is 1.19. The fourth-order valence-corrected chi connectivity index (χ4v) is 11.8. The molecule has 2 heterocycles. The van der Waals surface area contributed by atoms with Crippen LogP contribution >= 0.6 is 0 Å². The summed E-state index contributed by atoms with van der Waals surface area (Å²) in [6.07, 6.45) is 8.66. The Balaban J connectivity index is 1.00. The molecule has 3 heteroatoms. The molecule has 2 unspecified atom stereocenters. The monoisotopic (exact) mass is 869 g/mol. The van der Waals surface area contributed by atoms with Crippen molar-refractivity contribution in [2.45, 2.75) is 17.4 Å². The summed E-state index contributed by atoms with van der Waals surface area (Å²) in [6, 6.07) is 82.1. The summed E-state index contributed by atoms with van der Waals surface area (Å²) in [5, 5.41) is 4.49. The van der Waals surface area contributed by atoms with E-state index < -0.39 is 5.41 Å². The number of para-hydroxylation sites is 2. The second-order valence-corrected chi connectivity index (χ2v) is 18.2. The van der Waals surface area contributed by atoms with E-state index in [1.165, 1.54) is 38.9 Å². The van der Waals surface area contributed by atoms with Crippen molar-refractivity contribution < 1.29 is 9.15 Å². The van der Waals surface area contributed by atoms with Gasteiger partial charge in [0.25, 0.3) is 0 Å². The number of benzene rings is 10. The first kappa shape index (κ1) is 38.6. The topological polar surface area (TPSA) is 25.6 Å². The van der Waals surface area contributed by atoms with Gasteiger partial charge >= 0.3 is 0 Å². The normalized spacial score (nSPS) is 16.1. The van der Waals surface area contributed by atoms with Gasteiger partial charge in [-0.25, -0.2) is 0 Å². The summed E-state index contributed by atoms with van der Waals surface area (Å²) in [5.41, 5.74) is 17.6. The Bertz CT molecular complexity index is 3800. The first-order chi connectivity index (χ1) is 33.7. The standard InChI is InChI=1S/C65H43NO2/c1-3-18-44(19-4-1)65(45-20-5-2-6-21-45)57-29-12-9-23-50(57)51-40-38-47(41-58(51)65)66(46-36-33-43(34-37-46)49-26-15-28-55-53-25-11-14-31-60(53)67-63(49)55)59-30-13-10-24-52(59)54-27-16-32-61-62(54)56-39-35-42-17-7-8-22-48(42)64(56)68-61/h1-41,53,60H. The number of furan rings is 1. The lowest BCUT2D eigenvalue weighted by Gasteiger charge is -2.35. The third-order valence-electron chi connectivity index (χ3n) is 14.7. The van der Waals surface area contributed by atoms with Crippen molar-refractivity contribution in [3.05, 3.63) is 277 Å². The van der Waals surface area contributed by atoms with Crippen molar-refractivity contribution in [2.75, 3.05) is 4.90 Å². The number of rotatable bonds is 7. The minimum atomic E-state index is -0.557. The van der Waals surface area contributed by atoms with Gasteiger partial charge in [0.15, 0.2) is 0 Å². The summed E-state index contributed by atoms with van der Waals surface area (Å²) in [6.45, 7) is 0. The Morgan fingerprint density at radius 2 is 1.10 bits per heavy atom. The molecule has 2 aliphatic carbocycles. The molecule has 2 atom stereocenters. The van der Waals surface area contributed by atoms with Gasteiger partial charge in [-0.2, -0.15) is 0 Å². The Morgan fingerprint density at radius 1 is 0.441 bits per heavy atom. The Morgan fingerprint density at radius 3 is 1.94 bits per heavy atom. The highest BCUT2D eigenvalue weighted by Gasteiger charge is 2.46. The van der Waals surface area contributed by atoms with Gasteiger partial charge < -0.3 is 14.1 Å². The van der Waals surface area contributed by atoms with Crippen LogP contribution in [0.15, 0.2) is 253 Å². The average molecular weight is 870 g/mol. The number of hydrogen-bond acceptors (Lipinski definition) is 3. The van der Waals surface area contributed by atoms with Crippen LogP contribution < -0.4 is 9.64 Å². The molecule has 3 aliphatic rings. The zero-order valence-electron chi connectivity index (χ0n) is 37.1. The predicted molar refractivity (Wildman–Crippen MR) is 280 cm³/mol. The van der Waals surface area contributed by atoms with Crippen molar-refractivity contribution in [2.24, 2.45) is 0 Å². The number of ether oxygens (including phenoxy) is 1. The molecule has 1 aromatic heterocycles. The lowest BCUT2D eigenvalue weighted by Crippen LogP contribution is -2.28. The van der Waals surface area contributed by atoms with Gasteiger partial charge in [-0.15, -0.1) is 0 Å². The second-order valence-electron chi connectivity index (χ2n) is 18.2. The van der Waals surface area contributed by atoms with Crippen LogP contribution in [0.1, 0.15) is 33.7 Å². The number of allylic oxidation sites excluding steroid dienone is 2.